The fourth-order valence-electron chi connectivity index (χ4n) is 3.17. The number of Topliss-reactive ketones (excluding diaryl/α,β-unsaturated/α-hetero) is 1. The number of allylic oxidation sites excluding steroid dienone is 2. The van der Waals surface area contributed by atoms with Crippen molar-refractivity contribution in [3.8, 4) is 0 Å². The number of fused-ring (bicyclic) bond motifs is 1. The van der Waals surface area contributed by atoms with Gasteiger partial charge in [0.25, 0.3) is 0 Å². The number of rotatable bonds is 5. The van der Waals surface area contributed by atoms with Gasteiger partial charge in [-0.05, 0) is 22.8 Å². The van der Waals surface area contributed by atoms with E-state index >= 15 is 0 Å². The Labute approximate surface area is 145 Å². The van der Waals surface area contributed by atoms with Crippen LogP contribution >= 0.6 is 0 Å². The minimum Gasteiger partial charge on any atom is -0.511 e. The predicted octanol–water partition coefficient (Wildman–Crippen LogP) is 3.47. The lowest BCUT2D eigenvalue weighted by molar-refractivity contribution is -0.135. The van der Waals surface area contributed by atoms with Crippen molar-refractivity contribution in [2.24, 2.45) is 4.99 Å². The van der Waals surface area contributed by atoms with Crippen molar-refractivity contribution in [1.82, 2.24) is 0 Å². The minimum absolute atomic E-state index is 0.0145. The van der Waals surface area contributed by atoms with E-state index in [0.29, 0.717) is 31.4 Å². The van der Waals surface area contributed by atoms with E-state index in [1.54, 1.807) is 0 Å². The topological polar surface area (TPSA) is 87.0 Å². The van der Waals surface area contributed by atoms with Crippen LogP contribution in [0.1, 0.15) is 24.8 Å². The van der Waals surface area contributed by atoms with Crippen LogP contribution in [0.4, 0.5) is 0 Å². The Kier molecular flexibility index (Phi) is 4.93. The van der Waals surface area contributed by atoms with Gasteiger partial charge in [-0.3, -0.25) is 14.6 Å². The van der Waals surface area contributed by atoms with Gasteiger partial charge in [0.2, 0.25) is 0 Å². The molecular weight excluding hydrogens is 318 g/mol. The molecule has 25 heavy (non-hydrogen) atoms. The Hall–Kier alpha value is -2.95. The Balaban J connectivity index is 2.05. The summed E-state index contributed by atoms with van der Waals surface area (Å²) in [6.07, 6.45) is 1.68. The summed E-state index contributed by atoms with van der Waals surface area (Å²) in [6, 6.07) is 13.7. The minimum atomic E-state index is -1.07. The zero-order valence-corrected chi connectivity index (χ0v) is 13.7. The predicted molar refractivity (Wildman–Crippen MR) is 96.1 cm³/mol. The summed E-state index contributed by atoms with van der Waals surface area (Å²) in [7, 11) is 0. The number of carbonyl (C=O) groups excluding carboxylic acids is 1. The van der Waals surface area contributed by atoms with E-state index in [2.05, 4.69) is 4.99 Å². The number of benzene rings is 2. The number of carbonyl (C=O) groups is 2. The van der Waals surface area contributed by atoms with Gasteiger partial charge in [-0.2, -0.15) is 0 Å². The maximum Gasteiger partial charge on any atom is 0.325 e. The summed E-state index contributed by atoms with van der Waals surface area (Å²) in [4.78, 5) is 27.4. The second kappa shape index (κ2) is 7.30. The molecule has 0 aliphatic heterocycles. The van der Waals surface area contributed by atoms with Gasteiger partial charge < -0.3 is 10.2 Å². The van der Waals surface area contributed by atoms with Gasteiger partial charge in [0.15, 0.2) is 5.78 Å². The zero-order chi connectivity index (χ0) is 17.8. The number of carboxylic acid groups (broad SMARTS) is 1. The molecule has 1 aliphatic carbocycles. The molecule has 0 amide bonds. The van der Waals surface area contributed by atoms with Crippen LogP contribution in [0.5, 0.6) is 0 Å². The molecule has 0 radical (unpaired) electrons. The molecular formula is C20H19NO4. The fourth-order valence-corrected chi connectivity index (χ4v) is 3.17. The summed E-state index contributed by atoms with van der Waals surface area (Å²) < 4.78 is 0. The van der Waals surface area contributed by atoms with E-state index in [9.17, 15) is 14.7 Å². The third kappa shape index (κ3) is 3.76. The molecule has 128 valence electrons. The fraction of sp³-hybridized carbons (Fsp3) is 0.250. The molecule has 1 aliphatic rings. The highest BCUT2D eigenvalue weighted by Gasteiger charge is 2.25. The van der Waals surface area contributed by atoms with Crippen LogP contribution in [0.25, 0.3) is 10.8 Å². The average molecular weight is 337 g/mol. The van der Waals surface area contributed by atoms with Crippen molar-refractivity contribution in [3.63, 3.8) is 0 Å². The maximum atomic E-state index is 12.3. The van der Waals surface area contributed by atoms with E-state index in [-0.39, 0.29) is 17.1 Å². The number of hydrogen-bond donors (Lipinski definition) is 2. The van der Waals surface area contributed by atoms with Gasteiger partial charge >= 0.3 is 5.97 Å². The molecule has 0 saturated carbocycles. The molecule has 5 nitrogen and oxygen atoms in total. The van der Waals surface area contributed by atoms with Gasteiger partial charge in [0.1, 0.15) is 12.3 Å². The maximum absolute atomic E-state index is 12.3. The first-order chi connectivity index (χ1) is 12.1. The number of carboxylic acids is 1. The molecule has 0 unspecified atom stereocenters. The first-order valence-electron chi connectivity index (χ1n) is 8.23. The van der Waals surface area contributed by atoms with Crippen molar-refractivity contribution in [3.05, 3.63) is 59.4 Å². The van der Waals surface area contributed by atoms with Crippen molar-refractivity contribution < 1.29 is 19.8 Å². The Morgan fingerprint density at radius 1 is 1.08 bits per heavy atom. The second-order valence-electron chi connectivity index (χ2n) is 6.07. The van der Waals surface area contributed by atoms with Crippen molar-refractivity contribution in [1.29, 1.82) is 0 Å². The number of aliphatic imine (C=N–C) groups is 1. The van der Waals surface area contributed by atoms with Gasteiger partial charge in [-0.25, -0.2) is 0 Å². The molecule has 2 N–H and O–H groups in total. The normalized spacial score (nSPS) is 15.7. The van der Waals surface area contributed by atoms with Gasteiger partial charge in [0.05, 0.1) is 11.3 Å². The van der Waals surface area contributed by atoms with Crippen molar-refractivity contribution in [2.45, 2.75) is 25.7 Å². The molecule has 0 bridgehead atoms. The summed E-state index contributed by atoms with van der Waals surface area (Å²) in [5, 5.41) is 21.2. The largest absolute Gasteiger partial charge is 0.511 e. The van der Waals surface area contributed by atoms with Gasteiger partial charge in [0, 0.05) is 19.3 Å². The highest BCUT2D eigenvalue weighted by molar-refractivity contribution is 6.24. The Bertz CT molecular complexity index is 890. The molecule has 0 fully saturated rings. The highest BCUT2D eigenvalue weighted by atomic mass is 16.4. The van der Waals surface area contributed by atoms with Crippen molar-refractivity contribution in [2.75, 3.05) is 6.54 Å². The van der Waals surface area contributed by atoms with Crippen LogP contribution in [0, 0.1) is 0 Å². The summed E-state index contributed by atoms with van der Waals surface area (Å²) >= 11 is 0. The van der Waals surface area contributed by atoms with Crippen LogP contribution in [0.3, 0.4) is 0 Å². The molecule has 2 aromatic carbocycles. The van der Waals surface area contributed by atoms with Gasteiger partial charge in [-0.1, -0.05) is 42.5 Å². The molecule has 0 aromatic heterocycles. The first-order valence-corrected chi connectivity index (χ1v) is 8.23. The molecule has 0 saturated heterocycles. The van der Waals surface area contributed by atoms with E-state index in [1.807, 2.05) is 42.5 Å². The quantitative estimate of drug-likeness (QED) is 0.818. The van der Waals surface area contributed by atoms with Crippen LogP contribution in [-0.4, -0.2) is 34.2 Å². The lowest BCUT2D eigenvalue weighted by Crippen LogP contribution is -2.22. The smallest absolute Gasteiger partial charge is 0.325 e. The summed E-state index contributed by atoms with van der Waals surface area (Å²) in [5.74, 6) is -1.23. The third-order valence-electron chi connectivity index (χ3n) is 4.32. The molecule has 0 heterocycles. The summed E-state index contributed by atoms with van der Waals surface area (Å²) in [6.45, 7) is -0.426. The standard InChI is InChI=1S/C20H19NO4/c22-17-9-4-10-18(23)20(17)16(21-12-19(24)25)11-14-7-3-6-13-5-1-2-8-15(13)14/h1-3,5-8,22H,4,9-12H2,(H,24,25). The third-order valence-corrected chi connectivity index (χ3v) is 4.32. The molecule has 5 heteroatoms. The van der Waals surface area contributed by atoms with Crippen LogP contribution in [-0.2, 0) is 16.0 Å². The van der Waals surface area contributed by atoms with E-state index in [1.165, 1.54) is 0 Å². The Morgan fingerprint density at radius 2 is 1.84 bits per heavy atom. The summed E-state index contributed by atoms with van der Waals surface area (Å²) in [5.41, 5.74) is 1.49. The number of hydrogen-bond acceptors (Lipinski definition) is 4. The number of ketones is 1. The van der Waals surface area contributed by atoms with E-state index in [4.69, 9.17) is 5.11 Å². The monoisotopic (exact) mass is 337 g/mol. The van der Waals surface area contributed by atoms with E-state index < -0.39 is 12.5 Å². The molecule has 3 rings (SSSR count). The number of aliphatic hydroxyl groups excluding tert-OH is 1. The van der Waals surface area contributed by atoms with Crippen molar-refractivity contribution >= 4 is 28.2 Å². The van der Waals surface area contributed by atoms with Crippen LogP contribution in [0.2, 0.25) is 0 Å². The lowest BCUT2D eigenvalue weighted by atomic mass is 9.89. The van der Waals surface area contributed by atoms with Gasteiger partial charge in [-0.15, -0.1) is 0 Å². The Morgan fingerprint density at radius 3 is 2.60 bits per heavy atom. The zero-order valence-electron chi connectivity index (χ0n) is 13.7. The SMILES string of the molecule is O=C(O)CN=C(Cc1cccc2ccccc12)C1=C(O)CCCC1=O. The number of nitrogens with zero attached hydrogens (tertiary/aromatic N) is 1. The number of aliphatic hydroxyl groups is 1. The molecule has 2 aromatic rings. The number of aliphatic carboxylic acids is 1. The van der Waals surface area contributed by atoms with E-state index in [0.717, 1.165) is 16.3 Å². The molecule has 0 atom stereocenters. The second-order valence-corrected chi connectivity index (χ2v) is 6.07. The first kappa shape index (κ1) is 16.9. The van der Waals surface area contributed by atoms with Crippen LogP contribution in [0.15, 0.2) is 58.8 Å². The van der Waals surface area contributed by atoms with Crippen LogP contribution < -0.4 is 0 Å². The highest BCUT2D eigenvalue weighted by Crippen LogP contribution is 2.25. The molecule has 0 spiro atoms. The average Bonchev–Trinajstić information content (AvgIpc) is 2.59. The lowest BCUT2D eigenvalue weighted by Gasteiger charge is -2.18.